The van der Waals surface area contributed by atoms with Crippen molar-refractivity contribution in [1.29, 1.82) is 0 Å². The third kappa shape index (κ3) is 3.71. The third-order valence-electron chi connectivity index (χ3n) is 4.56. The van der Waals surface area contributed by atoms with E-state index in [0.717, 1.165) is 11.1 Å². The molecule has 1 amide bonds. The number of ether oxygens (including phenoxy) is 2. The Labute approximate surface area is 158 Å². The lowest BCUT2D eigenvalue weighted by atomic mass is 10.1. The van der Waals surface area contributed by atoms with Crippen LogP contribution in [0.25, 0.3) is 0 Å². The minimum Gasteiger partial charge on any atom is -0.495 e. The number of nitrogens with zero attached hydrogens (tertiary/aromatic N) is 1. The van der Waals surface area contributed by atoms with Crippen LogP contribution in [0, 0.1) is 13.8 Å². The maximum absolute atomic E-state index is 12.9. The van der Waals surface area contributed by atoms with E-state index >= 15 is 0 Å². The second kappa shape index (κ2) is 7.11. The van der Waals surface area contributed by atoms with Gasteiger partial charge in [-0.15, -0.1) is 0 Å². The predicted octanol–water partition coefficient (Wildman–Crippen LogP) is 2.58. The summed E-state index contributed by atoms with van der Waals surface area (Å²) >= 11 is 0. The fourth-order valence-corrected chi connectivity index (χ4v) is 4.12. The second-order valence-electron chi connectivity index (χ2n) is 6.48. The zero-order valence-electron chi connectivity index (χ0n) is 15.7. The zero-order valence-corrected chi connectivity index (χ0v) is 16.5. The number of carbonyl (C=O) groups excluding carboxylic acids is 1. The molecule has 1 aliphatic rings. The number of hydrogen-bond acceptors (Lipinski definition) is 5. The molecule has 1 N–H and O–H groups in total. The second-order valence-corrected chi connectivity index (χ2v) is 8.13. The molecule has 2 aromatic rings. The van der Waals surface area contributed by atoms with Crippen LogP contribution in [0.3, 0.4) is 0 Å². The summed E-state index contributed by atoms with van der Waals surface area (Å²) in [4.78, 5) is 14.0. The van der Waals surface area contributed by atoms with E-state index in [1.807, 2.05) is 13.8 Å². The molecule has 0 spiro atoms. The van der Waals surface area contributed by atoms with Crippen molar-refractivity contribution in [3.63, 3.8) is 0 Å². The van der Waals surface area contributed by atoms with Gasteiger partial charge in [0.15, 0.2) is 0 Å². The van der Waals surface area contributed by atoms with Gasteiger partial charge in [-0.2, -0.15) is 0 Å². The van der Waals surface area contributed by atoms with Crippen LogP contribution in [0.2, 0.25) is 0 Å². The van der Waals surface area contributed by atoms with Gasteiger partial charge in [0.1, 0.15) is 23.0 Å². The van der Waals surface area contributed by atoms with Crippen LogP contribution in [0.15, 0.2) is 35.2 Å². The molecule has 3 rings (SSSR count). The number of aryl methyl sites for hydroxylation is 2. The number of hydrogen-bond donors (Lipinski definition) is 1. The van der Waals surface area contributed by atoms with Gasteiger partial charge >= 0.3 is 0 Å². The highest BCUT2D eigenvalue weighted by molar-refractivity contribution is 7.92. The lowest BCUT2D eigenvalue weighted by Gasteiger charge is -2.15. The maximum atomic E-state index is 12.9. The van der Waals surface area contributed by atoms with E-state index in [2.05, 4.69) is 4.72 Å². The number of likely N-dealkylation sites (N-methyl/N-ethyl adjacent to an activating group) is 1. The Morgan fingerprint density at radius 1 is 1.15 bits per heavy atom. The van der Waals surface area contributed by atoms with E-state index in [4.69, 9.17) is 9.47 Å². The summed E-state index contributed by atoms with van der Waals surface area (Å²) < 4.78 is 39.2. The third-order valence-corrected chi connectivity index (χ3v) is 5.97. The monoisotopic (exact) mass is 390 g/mol. The predicted molar refractivity (Wildman–Crippen MR) is 102 cm³/mol. The van der Waals surface area contributed by atoms with Crippen LogP contribution in [0.4, 0.5) is 5.69 Å². The van der Waals surface area contributed by atoms with Crippen molar-refractivity contribution < 1.29 is 22.7 Å². The van der Waals surface area contributed by atoms with Gasteiger partial charge < -0.3 is 14.4 Å². The molecule has 2 aromatic carbocycles. The number of nitrogens with one attached hydrogen (secondary N) is 1. The van der Waals surface area contributed by atoms with E-state index in [1.54, 1.807) is 31.3 Å². The summed E-state index contributed by atoms with van der Waals surface area (Å²) in [6, 6.07) is 7.92. The number of methoxy groups -OCH3 is 1. The Hall–Kier alpha value is -2.74. The number of sulfonamides is 1. The van der Waals surface area contributed by atoms with Gasteiger partial charge in [0, 0.05) is 12.7 Å². The fourth-order valence-electron chi connectivity index (χ4n) is 2.83. The van der Waals surface area contributed by atoms with Crippen LogP contribution >= 0.6 is 0 Å². The molecule has 1 heterocycles. The molecule has 144 valence electrons. The first-order chi connectivity index (χ1) is 12.7. The van der Waals surface area contributed by atoms with Gasteiger partial charge in [0.05, 0.1) is 19.2 Å². The number of carbonyl (C=O) groups is 1. The van der Waals surface area contributed by atoms with Gasteiger partial charge in [-0.25, -0.2) is 8.42 Å². The summed E-state index contributed by atoms with van der Waals surface area (Å²) in [6.07, 6.45) is 0. The first-order valence-corrected chi connectivity index (χ1v) is 9.91. The molecule has 7 nitrogen and oxygen atoms in total. The molecular formula is C19H22N2O5S. The Bertz CT molecular complexity index is 1000. The summed E-state index contributed by atoms with van der Waals surface area (Å²) in [5.41, 5.74) is 2.37. The highest BCUT2D eigenvalue weighted by Crippen LogP contribution is 2.31. The number of rotatable bonds is 4. The summed E-state index contributed by atoms with van der Waals surface area (Å²) in [6.45, 7) is 4.58. The van der Waals surface area contributed by atoms with E-state index in [-0.39, 0.29) is 22.2 Å². The van der Waals surface area contributed by atoms with Gasteiger partial charge in [-0.3, -0.25) is 9.52 Å². The molecule has 0 radical (unpaired) electrons. The van der Waals surface area contributed by atoms with Crippen LogP contribution in [-0.4, -0.2) is 46.5 Å². The number of anilines is 1. The van der Waals surface area contributed by atoms with Crippen molar-refractivity contribution in [3.8, 4) is 11.5 Å². The van der Waals surface area contributed by atoms with E-state index in [1.165, 1.54) is 18.1 Å². The minimum atomic E-state index is -3.90. The normalized spacial score (nSPS) is 14.2. The average Bonchev–Trinajstić information content (AvgIpc) is 2.76. The van der Waals surface area contributed by atoms with Crippen molar-refractivity contribution in [1.82, 2.24) is 4.90 Å². The maximum Gasteiger partial charge on any atom is 0.265 e. The zero-order chi connectivity index (χ0) is 19.8. The molecule has 0 fully saturated rings. The minimum absolute atomic E-state index is 0.0442. The molecule has 1 aliphatic heterocycles. The SMILES string of the molecule is COc1cc(C)c(C)cc1S(=O)(=O)Nc1ccc2c(c1)C(=O)N(C)CCO2. The standard InChI is InChI=1S/C19H22N2O5S/c1-12-9-17(25-4)18(10-13(12)2)27(23,24)20-14-5-6-16-15(11-14)19(22)21(3)7-8-26-16/h5-6,9-11,20H,7-8H2,1-4H3. The van der Waals surface area contributed by atoms with Gasteiger partial charge in [0.25, 0.3) is 15.9 Å². The molecule has 0 bridgehead atoms. The molecular weight excluding hydrogens is 368 g/mol. The number of fused-ring (bicyclic) bond motifs is 1. The first kappa shape index (κ1) is 19.0. The Morgan fingerprint density at radius 3 is 2.56 bits per heavy atom. The summed E-state index contributed by atoms with van der Waals surface area (Å²) in [5.74, 6) is 0.489. The molecule has 27 heavy (non-hydrogen) atoms. The molecule has 0 aromatic heterocycles. The number of benzene rings is 2. The summed E-state index contributed by atoms with van der Waals surface area (Å²) in [5, 5.41) is 0. The average molecular weight is 390 g/mol. The van der Waals surface area contributed by atoms with Gasteiger partial charge in [-0.1, -0.05) is 0 Å². The highest BCUT2D eigenvalue weighted by Gasteiger charge is 2.24. The van der Waals surface area contributed by atoms with Crippen LogP contribution < -0.4 is 14.2 Å². The fraction of sp³-hybridized carbons (Fsp3) is 0.316. The topological polar surface area (TPSA) is 84.9 Å². The van der Waals surface area contributed by atoms with Crippen molar-refractivity contribution >= 4 is 21.6 Å². The van der Waals surface area contributed by atoms with E-state index < -0.39 is 10.0 Å². The number of amides is 1. The van der Waals surface area contributed by atoms with Crippen molar-refractivity contribution in [2.45, 2.75) is 18.7 Å². The highest BCUT2D eigenvalue weighted by atomic mass is 32.2. The molecule has 0 aliphatic carbocycles. The molecule has 0 atom stereocenters. The van der Waals surface area contributed by atoms with E-state index in [0.29, 0.717) is 24.5 Å². The van der Waals surface area contributed by atoms with E-state index in [9.17, 15) is 13.2 Å². The summed E-state index contributed by atoms with van der Waals surface area (Å²) in [7, 11) is -0.797. The van der Waals surface area contributed by atoms with Crippen LogP contribution in [0.5, 0.6) is 11.5 Å². The van der Waals surface area contributed by atoms with Gasteiger partial charge in [0.2, 0.25) is 0 Å². The van der Waals surface area contributed by atoms with Crippen LogP contribution in [-0.2, 0) is 10.0 Å². The smallest absolute Gasteiger partial charge is 0.265 e. The largest absolute Gasteiger partial charge is 0.495 e. The van der Waals surface area contributed by atoms with Crippen LogP contribution in [0.1, 0.15) is 21.5 Å². The quantitative estimate of drug-likeness (QED) is 0.867. The molecule has 0 unspecified atom stereocenters. The molecule has 0 saturated heterocycles. The van der Waals surface area contributed by atoms with Crippen molar-refractivity contribution in [2.24, 2.45) is 0 Å². The lowest BCUT2D eigenvalue weighted by molar-refractivity contribution is 0.0796. The molecule has 8 heteroatoms. The Balaban J connectivity index is 1.99. The lowest BCUT2D eigenvalue weighted by Crippen LogP contribution is -2.27. The Kier molecular flexibility index (Phi) is 5.01. The first-order valence-electron chi connectivity index (χ1n) is 8.43. The van der Waals surface area contributed by atoms with Crippen molar-refractivity contribution in [2.75, 3.05) is 32.0 Å². The van der Waals surface area contributed by atoms with Gasteiger partial charge in [-0.05, 0) is 55.3 Å². The molecule has 0 saturated carbocycles. The Morgan fingerprint density at radius 2 is 1.85 bits per heavy atom. The van der Waals surface area contributed by atoms with Crippen molar-refractivity contribution in [3.05, 3.63) is 47.0 Å².